The minimum absolute atomic E-state index is 0.0563. The lowest BCUT2D eigenvalue weighted by molar-refractivity contribution is -0.162. The van der Waals surface area contributed by atoms with Crippen molar-refractivity contribution in [3.63, 3.8) is 0 Å². The molecule has 12 nitrogen and oxygen atoms in total. The summed E-state index contributed by atoms with van der Waals surface area (Å²) in [4.78, 5) is 49.3. The number of aromatic nitrogens is 2. The zero-order chi connectivity index (χ0) is 25.5. The number of hydrogen-bond acceptors (Lipinski definition) is 10. The molecule has 0 radical (unpaired) electrons. The molecule has 2 unspecified atom stereocenters. The van der Waals surface area contributed by atoms with Gasteiger partial charge < -0.3 is 18.7 Å². The average Bonchev–Trinajstić information content (AvgIpc) is 3.18. The molecular formula is C21H33N2O10P. The van der Waals surface area contributed by atoms with Crippen LogP contribution in [-0.4, -0.2) is 47.8 Å². The van der Waals surface area contributed by atoms with Crippen molar-refractivity contribution in [1.29, 1.82) is 0 Å². The lowest BCUT2D eigenvalue weighted by atomic mass is 9.98. The molecule has 13 heteroatoms. The summed E-state index contributed by atoms with van der Waals surface area (Å²) in [5.74, 6) is -0.926. The van der Waals surface area contributed by atoms with Gasteiger partial charge in [0.1, 0.15) is 6.23 Å². The summed E-state index contributed by atoms with van der Waals surface area (Å²) < 4.78 is 33.8. The molecule has 0 aliphatic carbocycles. The van der Waals surface area contributed by atoms with Crippen molar-refractivity contribution in [1.82, 2.24) is 9.55 Å². The molecule has 0 spiro atoms. The van der Waals surface area contributed by atoms with Crippen LogP contribution in [0.1, 0.15) is 60.6 Å². The van der Waals surface area contributed by atoms with Crippen molar-refractivity contribution >= 4 is 20.5 Å². The second-order valence-corrected chi connectivity index (χ2v) is 10.9. The molecule has 1 aliphatic rings. The third kappa shape index (κ3) is 8.92. The third-order valence-electron chi connectivity index (χ3n) is 4.53. The van der Waals surface area contributed by atoms with E-state index in [2.05, 4.69) is 4.98 Å². The van der Waals surface area contributed by atoms with Crippen LogP contribution in [-0.2, 0) is 37.4 Å². The summed E-state index contributed by atoms with van der Waals surface area (Å²) >= 11 is 0. The number of carbonyl (C=O) groups excluding carboxylic acids is 2. The van der Waals surface area contributed by atoms with Crippen molar-refractivity contribution in [2.24, 2.45) is 10.8 Å². The normalized spacial score (nSPS) is 18.8. The summed E-state index contributed by atoms with van der Waals surface area (Å²) in [7, 11) is -2.04. The van der Waals surface area contributed by atoms with Gasteiger partial charge in [-0.05, 0) is 54.4 Å². The maximum atomic E-state index is 12.0. The first-order chi connectivity index (χ1) is 15.8. The predicted octanol–water partition coefficient (Wildman–Crippen LogP) is 2.58. The fourth-order valence-corrected chi connectivity index (χ4v) is 3.39. The van der Waals surface area contributed by atoms with Crippen molar-refractivity contribution < 1.29 is 37.4 Å². The van der Waals surface area contributed by atoms with E-state index in [1.165, 1.54) is 16.8 Å². The molecule has 0 saturated carbocycles. The molecule has 2 atom stereocenters. The van der Waals surface area contributed by atoms with Gasteiger partial charge in [-0.15, -0.1) is 0 Å². The van der Waals surface area contributed by atoms with E-state index in [0.717, 1.165) is 0 Å². The largest absolute Gasteiger partial charge is 0.438 e. The molecule has 2 heterocycles. The number of carbonyl (C=O) groups is 2. The second-order valence-electron chi connectivity index (χ2n) is 9.68. The predicted molar refractivity (Wildman–Crippen MR) is 120 cm³/mol. The summed E-state index contributed by atoms with van der Waals surface area (Å²) in [5, 5.41) is 0. The molecule has 2 rings (SSSR count). The van der Waals surface area contributed by atoms with Crippen LogP contribution in [0.3, 0.4) is 0 Å². The SMILES string of the molecule is CC(C)(C)C(=O)OCOP(OCOC(=O)C(C)(C)C)OCC1CCC(n2ccc(=O)[nH]c2=O)O1. The standard InChI is InChI=1S/C21H33N2O10P/c1-20(2,3)17(25)28-12-31-34(32-13-29-18(26)21(4,5)6)30-11-14-7-8-16(33-14)23-10-9-15(24)22-19(23)27/h9-10,14,16H,7-8,11-13H2,1-6H3,(H,22,24,27). The zero-order valence-corrected chi connectivity index (χ0v) is 21.2. The highest BCUT2D eigenvalue weighted by atomic mass is 31.2. The van der Waals surface area contributed by atoms with E-state index < -0.39 is 62.4 Å². The van der Waals surface area contributed by atoms with Gasteiger partial charge in [0.05, 0.1) is 23.5 Å². The fourth-order valence-electron chi connectivity index (χ4n) is 2.60. The third-order valence-corrected chi connectivity index (χ3v) is 5.53. The molecule has 1 N–H and O–H groups in total. The van der Waals surface area contributed by atoms with E-state index in [1.807, 2.05) is 0 Å². The highest BCUT2D eigenvalue weighted by Gasteiger charge is 2.30. The number of esters is 2. The molecule has 0 bridgehead atoms. The quantitative estimate of drug-likeness (QED) is 0.287. The summed E-state index contributed by atoms with van der Waals surface area (Å²) in [6, 6.07) is 1.24. The van der Waals surface area contributed by atoms with E-state index in [0.29, 0.717) is 12.8 Å². The number of rotatable bonds is 10. The van der Waals surface area contributed by atoms with Crippen LogP contribution in [0.15, 0.2) is 21.9 Å². The van der Waals surface area contributed by atoms with Gasteiger partial charge in [-0.2, -0.15) is 0 Å². The van der Waals surface area contributed by atoms with Crippen LogP contribution >= 0.6 is 8.60 Å². The average molecular weight is 504 g/mol. The van der Waals surface area contributed by atoms with Gasteiger partial charge in [-0.3, -0.25) is 33.0 Å². The van der Waals surface area contributed by atoms with Crippen molar-refractivity contribution in [3.8, 4) is 0 Å². The Morgan fingerprint density at radius 3 is 2.06 bits per heavy atom. The highest BCUT2D eigenvalue weighted by molar-refractivity contribution is 7.41. The monoisotopic (exact) mass is 504 g/mol. The van der Waals surface area contributed by atoms with Crippen LogP contribution in [0.5, 0.6) is 0 Å². The molecule has 1 fully saturated rings. The summed E-state index contributed by atoms with van der Waals surface area (Å²) in [5.41, 5.74) is -2.46. The van der Waals surface area contributed by atoms with Crippen molar-refractivity contribution in [2.75, 3.05) is 20.2 Å². The molecule has 34 heavy (non-hydrogen) atoms. The van der Waals surface area contributed by atoms with Crippen LogP contribution < -0.4 is 11.2 Å². The summed E-state index contributed by atoms with van der Waals surface area (Å²) in [6.07, 6.45) is 1.56. The molecule has 192 valence electrons. The zero-order valence-electron chi connectivity index (χ0n) is 20.3. The first-order valence-electron chi connectivity index (χ1n) is 10.8. The Labute approximate surface area is 198 Å². The molecule has 1 saturated heterocycles. The molecule has 0 amide bonds. The number of H-pyrrole nitrogens is 1. The highest BCUT2D eigenvalue weighted by Crippen LogP contribution is 2.41. The van der Waals surface area contributed by atoms with E-state index in [9.17, 15) is 19.2 Å². The lowest BCUT2D eigenvalue weighted by Crippen LogP contribution is -2.31. The minimum atomic E-state index is -2.04. The number of ether oxygens (including phenoxy) is 3. The van der Waals surface area contributed by atoms with Crippen LogP contribution in [0, 0.1) is 10.8 Å². The van der Waals surface area contributed by atoms with E-state index in [-0.39, 0.29) is 12.7 Å². The first-order valence-corrected chi connectivity index (χ1v) is 11.9. The Kier molecular flexibility index (Phi) is 9.96. The minimum Gasteiger partial charge on any atom is -0.438 e. The van der Waals surface area contributed by atoms with Crippen LogP contribution in [0.4, 0.5) is 0 Å². The molecular weight excluding hydrogens is 471 g/mol. The first kappa shape index (κ1) is 28.1. The van der Waals surface area contributed by atoms with Crippen LogP contribution in [0.2, 0.25) is 0 Å². The van der Waals surface area contributed by atoms with E-state index in [4.69, 9.17) is 27.8 Å². The maximum Gasteiger partial charge on any atom is 0.338 e. The van der Waals surface area contributed by atoms with E-state index >= 15 is 0 Å². The van der Waals surface area contributed by atoms with Crippen molar-refractivity contribution in [2.45, 2.75) is 66.7 Å². The van der Waals surface area contributed by atoms with Gasteiger partial charge in [0.25, 0.3) is 5.56 Å². The number of nitrogens with one attached hydrogen (secondary N) is 1. The summed E-state index contributed by atoms with van der Waals surface area (Å²) in [6.45, 7) is 9.48. The molecule has 1 aromatic rings. The Morgan fingerprint density at radius 1 is 1.00 bits per heavy atom. The number of nitrogens with zero attached hydrogens (tertiary/aromatic N) is 1. The van der Waals surface area contributed by atoms with Crippen LogP contribution in [0.25, 0.3) is 0 Å². The van der Waals surface area contributed by atoms with Gasteiger partial charge in [0.2, 0.25) is 13.6 Å². The fraction of sp³-hybridized carbons (Fsp3) is 0.714. The Bertz CT molecular complexity index is 914. The van der Waals surface area contributed by atoms with E-state index in [1.54, 1.807) is 41.5 Å². The van der Waals surface area contributed by atoms with Gasteiger partial charge >= 0.3 is 26.2 Å². The van der Waals surface area contributed by atoms with Gasteiger partial charge in [-0.1, -0.05) is 0 Å². The van der Waals surface area contributed by atoms with Crippen molar-refractivity contribution in [3.05, 3.63) is 33.1 Å². The van der Waals surface area contributed by atoms with Gasteiger partial charge in [-0.25, -0.2) is 4.79 Å². The Morgan fingerprint density at radius 2 is 1.56 bits per heavy atom. The molecule has 1 aromatic heterocycles. The topological polar surface area (TPSA) is 144 Å². The second kappa shape index (κ2) is 12.0. The maximum absolute atomic E-state index is 12.0. The van der Waals surface area contributed by atoms with Gasteiger partial charge in [0, 0.05) is 12.3 Å². The smallest absolute Gasteiger partial charge is 0.338 e. The molecule has 0 aromatic carbocycles. The molecule has 1 aliphatic heterocycles. The number of hydrogen-bond donors (Lipinski definition) is 1. The number of aromatic amines is 1. The lowest BCUT2D eigenvalue weighted by Gasteiger charge is -2.22. The Balaban J connectivity index is 1.89. The van der Waals surface area contributed by atoms with Gasteiger partial charge in [0.15, 0.2) is 0 Å². The Hall–Kier alpha value is -2.11.